The van der Waals surface area contributed by atoms with E-state index in [0.717, 1.165) is 23.3 Å². The van der Waals surface area contributed by atoms with Gasteiger partial charge in [-0.05, 0) is 47.4 Å². The molecule has 2 heterocycles. The van der Waals surface area contributed by atoms with Crippen molar-refractivity contribution in [1.82, 2.24) is 0 Å². The van der Waals surface area contributed by atoms with Gasteiger partial charge in [0, 0.05) is 12.3 Å². The van der Waals surface area contributed by atoms with Crippen molar-refractivity contribution in [3.8, 4) is 22.6 Å². The Bertz CT molecular complexity index is 1140. The van der Waals surface area contributed by atoms with Crippen LogP contribution in [-0.4, -0.2) is 18.5 Å². The van der Waals surface area contributed by atoms with Crippen molar-refractivity contribution in [1.29, 1.82) is 0 Å². The maximum Gasteiger partial charge on any atom is 0.187 e. The van der Waals surface area contributed by atoms with E-state index in [1.807, 2.05) is 54.6 Å². The topological polar surface area (TPSA) is 39.9 Å². The molecule has 0 spiro atoms. The maximum atomic E-state index is 12.9. The van der Waals surface area contributed by atoms with E-state index in [1.54, 1.807) is 6.07 Å². The number of para-hydroxylation sites is 1. The van der Waals surface area contributed by atoms with E-state index in [9.17, 15) is 4.79 Å². The summed E-state index contributed by atoms with van der Waals surface area (Å²) >= 11 is 0. The molecule has 2 unspecified atom stereocenters. The largest absolute Gasteiger partial charge is 0.493 e. The molecule has 2 atom stereocenters. The van der Waals surface area contributed by atoms with Gasteiger partial charge in [-0.3, -0.25) is 4.79 Å². The van der Waals surface area contributed by atoms with Crippen LogP contribution in [0.5, 0.6) is 11.5 Å². The number of fused-ring (bicyclic) bond motifs is 2. The first-order valence-corrected chi connectivity index (χ1v) is 9.74. The minimum atomic E-state index is -0.181. The number of Topliss-reactive ketones (excluding diaryl/α,β-unsaturated/α-hetero) is 1. The third-order valence-corrected chi connectivity index (χ3v) is 5.69. The van der Waals surface area contributed by atoms with Crippen LogP contribution >= 0.6 is 0 Å². The third-order valence-electron chi connectivity index (χ3n) is 5.69. The lowest BCUT2D eigenvalue weighted by Crippen LogP contribution is -2.39. The van der Waals surface area contributed by atoms with Gasteiger partial charge < -0.3 is 9.47 Å². The number of ketones is 1. The van der Waals surface area contributed by atoms with Gasteiger partial charge in [-0.15, -0.1) is 0 Å². The van der Waals surface area contributed by atoms with Crippen LogP contribution in [-0.2, 0) is 6.42 Å². The van der Waals surface area contributed by atoms with E-state index in [2.05, 4.69) is 10.9 Å². The van der Waals surface area contributed by atoms with Gasteiger partial charge in [0.05, 0.1) is 18.7 Å². The lowest BCUT2D eigenvalue weighted by atomic mass is 9.86. The number of rotatable bonds is 2. The number of nitrogens with zero attached hydrogens (tertiary/aromatic N) is 1. The molecular weight excluding hydrogens is 362 g/mol. The second-order valence-electron chi connectivity index (χ2n) is 7.54. The standard InChI is InChI=1S/C25H19NO3/c1-26-20-7-4-6-16(12-20)17-9-10-24-21(13-17)22(27)14-25(29-24)19-11-18-5-2-3-8-23(18)28-15-19/h2-10,12-13,19,25H,11,14-15H2. The SMILES string of the molecule is [C-]#[N+]c1cccc(-c2ccc3c(c2)C(=O)CC(C2COc4ccccc4C2)O3)c1. The average Bonchev–Trinajstić information content (AvgIpc) is 2.78. The average molecular weight is 381 g/mol. The van der Waals surface area contributed by atoms with Crippen molar-refractivity contribution in [3.05, 3.63) is 89.3 Å². The molecule has 0 aromatic heterocycles. The number of ether oxygens (including phenoxy) is 2. The predicted octanol–water partition coefficient (Wildman–Crippen LogP) is 5.49. The number of benzene rings is 3. The molecular formula is C25H19NO3. The Hall–Kier alpha value is -3.58. The first-order valence-electron chi connectivity index (χ1n) is 9.74. The molecule has 0 saturated carbocycles. The van der Waals surface area contributed by atoms with Crippen LogP contribution in [0.1, 0.15) is 22.3 Å². The summed E-state index contributed by atoms with van der Waals surface area (Å²) in [5.41, 5.74) is 4.21. The summed E-state index contributed by atoms with van der Waals surface area (Å²) < 4.78 is 12.1. The Morgan fingerprint density at radius 2 is 1.76 bits per heavy atom. The highest BCUT2D eigenvalue weighted by Gasteiger charge is 2.35. The number of hydrogen-bond donors (Lipinski definition) is 0. The molecule has 5 rings (SSSR count). The van der Waals surface area contributed by atoms with Crippen molar-refractivity contribution in [2.24, 2.45) is 5.92 Å². The molecule has 0 saturated heterocycles. The summed E-state index contributed by atoms with van der Waals surface area (Å²) in [5.74, 6) is 1.81. The van der Waals surface area contributed by atoms with Crippen LogP contribution in [0, 0.1) is 12.5 Å². The van der Waals surface area contributed by atoms with Crippen molar-refractivity contribution in [3.63, 3.8) is 0 Å². The molecule has 4 heteroatoms. The normalized spacial score (nSPS) is 19.9. The minimum Gasteiger partial charge on any atom is -0.493 e. The van der Waals surface area contributed by atoms with Crippen molar-refractivity contribution in [2.75, 3.05) is 6.61 Å². The Kier molecular flexibility index (Phi) is 4.29. The third kappa shape index (κ3) is 3.25. The molecule has 3 aromatic rings. The van der Waals surface area contributed by atoms with Crippen LogP contribution < -0.4 is 9.47 Å². The van der Waals surface area contributed by atoms with Crippen LogP contribution in [0.4, 0.5) is 5.69 Å². The molecule has 2 aliphatic heterocycles. The second-order valence-corrected chi connectivity index (χ2v) is 7.54. The van der Waals surface area contributed by atoms with E-state index in [1.165, 1.54) is 5.56 Å². The summed E-state index contributed by atoms with van der Waals surface area (Å²) in [6.45, 7) is 7.75. The molecule has 3 aromatic carbocycles. The van der Waals surface area contributed by atoms with Crippen molar-refractivity contribution < 1.29 is 14.3 Å². The Morgan fingerprint density at radius 3 is 2.66 bits per heavy atom. The highest BCUT2D eigenvalue weighted by molar-refractivity contribution is 6.01. The van der Waals surface area contributed by atoms with Gasteiger partial charge in [-0.25, -0.2) is 4.85 Å². The predicted molar refractivity (Wildman–Crippen MR) is 111 cm³/mol. The van der Waals surface area contributed by atoms with Crippen LogP contribution in [0.25, 0.3) is 16.0 Å². The molecule has 29 heavy (non-hydrogen) atoms. The minimum absolute atomic E-state index is 0.0956. The first-order chi connectivity index (χ1) is 14.2. The summed E-state index contributed by atoms with van der Waals surface area (Å²) in [4.78, 5) is 16.4. The number of carbonyl (C=O) groups is 1. The van der Waals surface area contributed by atoms with Gasteiger partial charge in [-0.2, -0.15) is 0 Å². The first kappa shape index (κ1) is 17.5. The Balaban J connectivity index is 1.40. The number of hydrogen-bond acceptors (Lipinski definition) is 3. The molecule has 0 radical (unpaired) electrons. The summed E-state index contributed by atoms with van der Waals surface area (Å²) in [6, 6.07) is 21.2. The monoisotopic (exact) mass is 381 g/mol. The summed E-state index contributed by atoms with van der Waals surface area (Å²) in [7, 11) is 0. The van der Waals surface area contributed by atoms with Crippen LogP contribution in [0.3, 0.4) is 0 Å². The van der Waals surface area contributed by atoms with Gasteiger partial charge in [0.2, 0.25) is 0 Å². The fourth-order valence-corrected chi connectivity index (χ4v) is 4.14. The van der Waals surface area contributed by atoms with Gasteiger partial charge in [0.25, 0.3) is 0 Å². The lowest BCUT2D eigenvalue weighted by Gasteiger charge is -2.34. The molecule has 142 valence electrons. The molecule has 0 aliphatic carbocycles. The smallest absolute Gasteiger partial charge is 0.187 e. The fraction of sp³-hybridized carbons (Fsp3) is 0.200. The van der Waals surface area contributed by atoms with E-state index in [0.29, 0.717) is 30.0 Å². The molecule has 4 nitrogen and oxygen atoms in total. The van der Waals surface area contributed by atoms with Gasteiger partial charge in [0.1, 0.15) is 17.6 Å². The molecule has 0 amide bonds. The Labute approximate surface area is 169 Å². The maximum absolute atomic E-state index is 12.9. The Morgan fingerprint density at radius 1 is 0.897 bits per heavy atom. The van der Waals surface area contributed by atoms with E-state index in [4.69, 9.17) is 16.0 Å². The molecule has 0 bridgehead atoms. The van der Waals surface area contributed by atoms with Gasteiger partial charge in [-0.1, -0.05) is 42.5 Å². The highest BCUT2D eigenvalue weighted by Crippen LogP contribution is 2.37. The highest BCUT2D eigenvalue weighted by atomic mass is 16.5. The van der Waals surface area contributed by atoms with Gasteiger partial charge in [0.15, 0.2) is 11.5 Å². The summed E-state index contributed by atoms with van der Waals surface area (Å²) in [5, 5.41) is 0. The van der Waals surface area contributed by atoms with E-state index < -0.39 is 0 Å². The molecule has 0 N–H and O–H groups in total. The van der Waals surface area contributed by atoms with Crippen molar-refractivity contribution in [2.45, 2.75) is 18.9 Å². The zero-order chi connectivity index (χ0) is 19.8. The van der Waals surface area contributed by atoms with Crippen molar-refractivity contribution >= 4 is 11.5 Å². The van der Waals surface area contributed by atoms with Gasteiger partial charge >= 0.3 is 0 Å². The van der Waals surface area contributed by atoms with Crippen LogP contribution in [0.15, 0.2) is 66.7 Å². The van der Waals surface area contributed by atoms with E-state index >= 15 is 0 Å². The van der Waals surface area contributed by atoms with E-state index in [-0.39, 0.29) is 17.8 Å². The summed E-state index contributed by atoms with van der Waals surface area (Å²) in [6.07, 6.45) is 1.03. The second kappa shape index (κ2) is 7.10. The quantitative estimate of drug-likeness (QED) is 0.551. The molecule has 0 fully saturated rings. The zero-order valence-electron chi connectivity index (χ0n) is 15.8. The lowest BCUT2D eigenvalue weighted by molar-refractivity contribution is 0.0567. The molecule has 2 aliphatic rings. The zero-order valence-corrected chi connectivity index (χ0v) is 15.8. The fourth-order valence-electron chi connectivity index (χ4n) is 4.14. The van der Waals surface area contributed by atoms with Crippen LogP contribution in [0.2, 0.25) is 0 Å². The number of carbonyl (C=O) groups excluding carboxylic acids is 1.